The lowest BCUT2D eigenvalue weighted by atomic mass is 9.89. The predicted molar refractivity (Wildman–Crippen MR) is 125 cm³/mol. The van der Waals surface area contributed by atoms with Crippen molar-refractivity contribution in [3.8, 4) is 11.1 Å². The maximum atomic E-state index is 14.7. The first-order valence-corrected chi connectivity index (χ1v) is 11.0. The molecule has 36 heavy (non-hydrogen) atoms. The standard InChI is InChI=1S/C26H22F4N4O2/c1-25(2,26(28,29)30)21-13-23(34-36-21)33-24(35)12-18-9-8-17(11-20(18)27)19-14-31-22(32-15-19)10-16-6-4-3-5-7-16/h3-9,11,13-15H,10,12H2,1-2H3,(H,33,34,35). The molecule has 0 bridgehead atoms. The quantitative estimate of drug-likeness (QED) is 0.322. The number of rotatable bonds is 7. The summed E-state index contributed by atoms with van der Waals surface area (Å²) in [6.07, 6.45) is -1.12. The van der Waals surface area contributed by atoms with Gasteiger partial charge in [0.2, 0.25) is 5.91 Å². The number of anilines is 1. The molecule has 10 heteroatoms. The number of hydrogen-bond donors (Lipinski definition) is 1. The summed E-state index contributed by atoms with van der Waals surface area (Å²) in [6, 6.07) is 15.1. The summed E-state index contributed by atoms with van der Waals surface area (Å²) in [6.45, 7) is 1.88. The third-order valence-electron chi connectivity index (χ3n) is 5.75. The Labute approximate surface area is 204 Å². The van der Waals surface area contributed by atoms with Crippen LogP contribution < -0.4 is 5.32 Å². The number of amides is 1. The summed E-state index contributed by atoms with van der Waals surface area (Å²) < 4.78 is 59.0. The Kier molecular flexibility index (Phi) is 6.87. The van der Waals surface area contributed by atoms with Crippen molar-refractivity contribution in [1.29, 1.82) is 0 Å². The van der Waals surface area contributed by atoms with Gasteiger partial charge in [-0.2, -0.15) is 13.2 Å². The number of nitrogens with one attached hydrogen (secondary N) is 1. The second-order valence-corrected chi connectivity index (χ2v) is 8.78. The fourth-order valence-corrected chi connectivity index (χ4v) is 3.37. The van der Waals surface area contributed by atoms with E-state index in [2.05, 4.69) is 20.4 Å². The largest absolute Gasteiger partial charge is 0.401 e. The van der Waals surface area contributed by atoms with E-state index in [1.54, 1.807) is 18.5 Å². The summed E-state index contributed by atoms with van der Waals surface area (Å²) >= 11 is 0. The zero-order chi connectivity index (χ0) is 25.9. The summed E-state index contributed by atoms with van der Waals surface area (Å²) in [5.41, 5.74) is 0.0542. The van der Waals surface area contributed by atoms with Gasteiger partial charge in [0.05, 0.1) is 6.42 Å². The Morgan fingerprint density at radius 3 is 2.31 bits per heavy atom. The number of carbonyl (C=O) groups excluding carboxylic acids is 1. The van der Waals surface area contributed by atoms with Crippen LogP contribution in [-0.2, 0) is 23.1 Å². The summed E-state index contributed by atoms with van der Waals surface area (Å²) in [5, 5.41) is 5.81. The van der Waals surface area contributed by atoms with Crippen molar-refractivity contribution >= 4 is 11.7 Å². The van der Waals surface area contributed by atoms with Crippen molar-refractivity contribution in [1.82, 2.24) is 15.1 Å². The van der Waals surface area contributed by atoms with Crippen LogP contribution in [0.4, 0.5) is 23.4 Å². The number of carbonyl (C=O) groups is 1. The van der Waals surface area contributed by atoms with Crippen molar-refractivity contribution in [2.24, 2.45) is 0 Å². The smallest absolute Gasteiger partial charge is 0.358 e. The number of aromatic nitrogens is 3. The Morgan fingerprint density at radius 1 is 0.972 bits per heavy atom. The van der Waals surface area contributed by atoms with E-state index in [-0.39, 0.29) is 17.8 Å². The number of hydrogen-bond acceptors (Lipinski definition) is 5. The molecule has 4 rings (SSSR count). The molecular weight excluding hydrogens is 476 g/mol. The average molecular weight is 498 g/mol. The van der Waals surface area contributed by atoms with Crippen LogP contribution in [0.3, 0.4) is 0 Å². The first-order chi connectivity index (χ1) is 17.0. The van der Waals surface area contributed by atoms with Crippen molar-refractivity contribution in [2.45, 2.75) is 38.3 Å². The zero-order valence-electron chi connectivity index (χ0n) is 19.4. The first kappa shape index (κ1) is 25.0. The highest BCUT2D eigenvalue weighted by molar-refractivity contribution is 5.91. The third-order valence-corrected chi connectivity index (χ3v) is 5.75. The first-order valence-electron chi connectivity index (χ1n) is 11.0. The summed E-state index contributed by atoms with van der Waals surface area (Å²) in [4.78, 5) is 21.0. The molecule has 2 heterocycles. The number of benzene rings is 2. The molecule has 2 aromatic carbocycles. The van der Waals surface area contributed by atoms with Crippen molar-refractivity contribution < 1.29 is 26.9 Å². The SMILES string of the molecule is CC(C)(c1cc(NC(=O)Cc2ccc(-c3cnc(Cc4ccccc4)nc3)cc2F)no1)C(F)(F)F. The van der Waals surface area contributed by atoms with Crippen LogP contribution >= 0.6 is 0 Å². The molecule has 0 saturated carbocycles. The van der Waals surface area contributed by atoms with Gasteiger partial charge in [0.1, 0.15) is 17.1 Å². The molecule has 0 saturated heterocycles. The van der Waals surface area contributed by atoms with Crippen molar-refractivity contribution in [2.75, 3.05) is 5.32 Å². The molecule has 6 nitrogen and oxygen atoms in total. The van der Waals surface area contributed by atoms with E-state index in [0.717, 1.165) is 25.5 Å². The molecule has 1 N–H and O–H groups in total. The molecule has 0 aliphatic carbocycles. The number of nitrogens with zero attached hydrogens (tertiary/aromatic N) is 3. The van der Waals surface area contributed by atoms with E-state index in [9.17, 15) is 22.4 Å². The van der Waals surface area contributed by atoms with Gasteiger partial charge < -0.3 is 9.84 Å². The molecule has 0 radical (unpaired) electrons. The second kappa shape index (κ2) is 9.88. The van der Waals surface area contributed by atoms with E-state index in [0.29, 0.717) is 23.4 Å². The number of alkyl halides is 3. The third kappa shape index (κ3) is 5.59. The summed E-state index contributed by atoms with van der Waals surface area (Å²) in [7, 11) is 0. The molecule has 1 amide bonds. The molecule has 0 aliphatic rings. The van der Waals surface area contributed by atoms with Crippen LogP contribution in [0.15, 0.2) is 71.5 Å². The van der Waals surface area contributed by atoms with Crippen LogP contribution in [0.1, 0.15) is 36.6 Å². The molecule has 0 aliphatic heterocycles. The molecule has 0 fully saturated rings. The van der Waals surface area contributed by atoms with Gasteiger partial charge in [-0.1, -0.05) is 47.6 Å². The zero-order valence-corrected chi connectivity index (χ0v) is 19.4. The van der Waals surface area contributed by atoms with Crippen LogP contribution in [0, 0.1) is 5.82 Å². The summed E-state index contributed by atoms with van der Waals surface area (Å²) in [5.74, 6) is -1.27. The second-order valence-electron chi connectivity index (χ2n) is 8.78. The molecule has 186 valence electrons. The molecule has 0 spiro atoms. The highest BCUT2D eigenvalue weighted by atomic mass is 19.4. The Bertz CT molecular complexity index is 1350. The normalized spacial score (nSPS) is 11.9. The van der Waals surface area contributed by atoms with Crippen molar-refractivity contribution in [3.05, 3.63) is 95.5 Å². The highest BCUT2D eigenvalue weighted by Crippen LogP contribution is 2.41. The maximum absolute atomic E-state index is 14.7. The topological polar surface area (TPSA) is 80.9 Å². The van der Waals surface area contributed by atoms with E-state index in [1.165, 1.54) is 12.1 Å². The Morgan fingerprint density at radius 2 is 1.67 bits per heavy atom. The maximum Gasteiger partial charge on any atom is 0.401 e. The fraction of sp³-hybridized carbons (Fsp3) is 0.231. The van der Waals surface area contributed by atoms with Gasteiger partial charge in [0.15, 0.2) is 11.6 Å². The lowest BCUT2D eigenvalue weighted by Crippen LogP contribution is -2.35. The minimum absolute atomic E-state index is 0.109. The van der Waals surface area contributed by atoms with Gasteiger partial charge in [0.25, 0.3) is 0 Å². The predicted octanol–water partition coefficient (Wildman–Crippen LogP) is 5.88. The van der Waals surface area contributed by atoms with Crippen LogP contribution in [0.2, 0.25) is 0 Å². The molecule has 4 aromatic rings. The minimum atomic E-state index is -4.56. The Hall–Kier alpha value is -4.08. The van der Waals surface area contributed by atoms with Gasteiger partial charge in [-0.3, -0.25) is 4.79 Å². The van der Waals surface area contributed by atoms with Crippen molar-refractivity contribution in [3.63, 3.8) is 0 Å². The highest BCUT2D eigenvalue weighted by Gasteiger charge is 2.51. The van der Waals surface area contributed by atoms with Gasteiger partial charge in [0, 0.05) is 30.4 Å². The van der Waals surface area contributed by atoms with Gasteiger partial charge in [-0.05, 0) is 36.6 Å². The fourth-order valence-electron chi connectivity index (χ4n) is 3.37. The van der Waals surface area contributed by atoms with Gasteiger partial charge >= 0.3 is 6.18 Å². The lowest BCUT2D eigenvalue weighted by molar-refractivity contribution is -0.185. The van der Waals surface area contributed by atoms with Crippen LogP contribution in [0.25, 0.3) is 11.1 Å². The van der Waals surface area contributed by atoms with E-state index >= 15 is 0 Å². The van der Waals surface area contributed by atoms with E-state index in [4.69, 9.17) is 4.52 Å². The molecule has 0 atom stereocenters. The minimum Gasteiger partial charge on any atom is -0.358 e. The molecule has 2 aromatic heterocycles. The van der Waals surface area contributed by atoms with E-state index < -0.39 is 29.1 Å². The lowest BCUT2D eigenvalue weighted by Gasteiger charge is -2.24. The molecular formula is C26H22F4N4O2. The number of halogens is 4. The monoisotopic (exact) mass is 498 g/mol. The van der Waals surface area contributed by atoms with Gasteiger partial charge in [-0.25, -0.2) is 14.4 Å². The van der Waals surface area contributed by atoms with Gasteiger partial charge in [-0.15, -0.1) is 0 Å². The van der Waals surface area contributed by atoms with Crippen LogP contribution in [-0.4, -0.2) is 27.2 Å². The Balaban J connectivity index is 1.40. The molecule has 0 unspecified atom stereocenters. The van der Waals surface area contributed by atoms with E-state index in [1.807, 2.05) is 30.3 Å². The van der Waals surface area contributed by atoms with Crippen LogP contribution in [0.5, 0.6) is 0 Å². The average Bonchev–Trinajstić information content (AvgIpc) is 3.30.